The summed E-state index contributed by atoms with van der Waals surface area (Å²) >= 11 is 6.58. The molecule has 0 unspecified atom stereocenters. The maximum atomic E-state index is 12.2. The third kappa shape index (κ3) is 4.32. The van der Waals surface area contributed by atoms with Crippen molar-refractivity contribution in [1.29, 1.82) is 0 Å². The lowest BCUT2D eigenvalue weighted by Gasteiger charge is -2.04. The summed E-state index contributed by atoms with van der Waals surface area (Å²) in [6.07, 6.45) is 2.45. The normalized spacial score (nSPS) is 10.7. The van der Waals surface area contributed by atoms with Crippen molar-refractivity contribution in [2.75, 3.05) is 5.32 Å². The molecule has 0 saturated heterocycles. The molecule has 0 spiro atoms. The molecule has 0 radical (unpaired) electrons. The van der Waals surface area contributed by atoms with E-state index in [-0.39, 0.29) is 18.1 Å². The molecule has 0 bridgehead atoms. The minimum atomic E-state index is -0.163. The number of nitrogens with one attached hydrogen (secondary N) is 2. The Balaban J connectivity index is 1.71. The van der Waals surface area contributed by atoms with Gasteiger partial charge in [0.05, 0.1) is 10.6 Å². The van der Waals surface area contributed by atoms with Crippen LogP contribution in [0.15, 0.2) is 36.9 Å². The molecule has 9 heteroatoms. The summed E-state index contributed by atoms with van der Waals surface area (Å²) in [7, 11) is 0. The van der Waals surface area contributed by atoms with Crippen molar-refractivity contribution in [2.24, 2.45) is 0 Å². The third-order valence-electron chi connectivity index (χ3n) is 3.93. The molecule has 2 heterocycles. The van der Waals surface area contributed by atoms with E-state index in [0.29, 0.717) is 28.7 Å². The second-order valence-corrected chi connectivity index (χ2v) is 7.25. The van der Waals surface area contributed by atoms with E-state index in [1.807, 2.05) is 17.6 Å². The van der Waals surface area contributed by atoms with Gasteiger partial charge in [0.25, 0.3) is 0 Å². The number of thiazole rings is 1. The smallest absolute Gasteiger partial charge is 0.226 e. The Labute approximate surface area is 165 Å². The molecule has 0 aliphatic heterocycles. The quantitative estimate of drug-likeness (QED) is 0.413. The second-order valence-electron chi connectivity index (χ2n) is 5.86. The molecule has 0 fully saturated rings. The number of aromatic hydroxyl groups is 1. The molecular formula is C18H19N5O2S2. The lowest BCUT2D eigenvalue weighted by atomic mass is 10.1. The second kappa shape index (κ2) is 8.28. The fourth-order valence-electron chi connectivity index (χ4n) is 2.60. The van der Waals surface area contributed by atoms with E-state index in [1.165, 1.54) is 11.3 Å². The van der Waals surface area contributed by atoms with E-state index in [4.69, 9.17) is 12.2 Å². The number of allylic oxidation sites excluding steroid dienone is 1. The van der Waals surface area contributed by atoms with Gasteiger partial charge in [0.15, 0.2) is 15.7 Å². The zero-order chi connectivity index (χ0) is 19.4. The van der Waals surface area contributed by atoms with Crippen molar-refractivity contribution < 1.29 is 9.90 Å². The summed E-state index contributed by atoms with van der Waals surface area (Å²) in [5.74, 6) is 0.704. The standard InChI is InChI=1S/C18H19N5O2S2/c1-3-10-23-16(21-22-18(23)26)15-11(2)19-17(27-15)20-14(25)9-8-12-6-4-5-7-13(12)24/h3-7,24H,1,8-10H2,2H3,(H,22,26)(H,19,20,25). The number of nitrogens with zero attached hydrogens (tertiary/aromatic N) is 3. The molecular weight excluding hydrogens is 382 g/mol. The number of aromatic nitrogens is 4. The van der Waals surface area contributed by atoms with Gasteiger partial charge < -0.3 is 10.4 Å². The highest BCUT2D eigenvalue weighted by Gasteiger charge is 2.17. The first-order chi connectivity index (χ1) is 13.0. The van der Waals surface area contributed by atoms with Crippen LogP contribution in [0.5, 0.6) is 5.75 Å². The summed E-state index contributed by atoms with van der Waals surface area (Å²) in [6.45, 7) is 6.13. The average molecular weight is 402 g/mol. The highest BCUT2D eigenvalue weighted by molar-refractivity contribution is 7.71. The number of rotatable bonds is 7. The van der Waals surface area contributed by atoms with Crippen LogP contribution >= 0.6 is 23.6 Å². The number of phenolic OH excluding ortho intramolecular Hbond substituents is 1. The fourth-order valence-corrected chi connectivity index (χ4v) is 3.79. The lowest BCUT2D eigenvalue weighted by molar-refractivity contribution is -0.116. The number of benzene rings is 1. The monoisotopic (exact) mass is 401 g/mol. The number of aryl methyl sites for hydroxylation is 2. The zero-order valence-electron chi connectivity index (χ0n) is 14.7. The number of H-pyrrole nitrogens is 1. The van der Waals surface area contributed by atoms with Crippen molar-refractivity contribution in [3.8, 4) is 16.5 Å². The summed E-state index contributed by atoms with van der Waals surface area (Å²) in [4.78, 5) is 17.5. The van der Waals surface area contributed by atoms with Crippen molar-refractivity contribution in [3.63, 3.8) is 0 Å². The number of carbonyl (C=O) groups excluding carboxylic acids is 1. The summed E-state index contributed by atoms with van der Waals surface area (Å²) in [5.41, 5.74) is 1.50. The van der Waals surface area contributed by atoms with E-state index in [1.54, 1.807) is 24.3 Å². The Morgan fingerprint density at radius 1 is 1.48 bits per heavy atom. The molecule has 0 aliphatic carbocycles. The number of amides is 1. The van der Waals surface area contributed by atoms with Crippen molar-refractivity contribution in [2.45, 2.75) is 26.3 Å². The van der Waals surface area contributed by atoms with E-state index in [9.17, 15) is 9.90 Å². The first kappa shape index (κ1) is 19.0. The van der Waals surface area contributed by atoms with Gasteiger partial charge in [0.2, 0.25) is 5.91 Å². The molecule has 1 amide bonds. The number of carbonyl (C=O) groups is 1. The number of phenols is 1. The zero-order valence-corrected chi connectivity index (χ0v) is 16.4. The third-order valence-corrected chi connectivity index (χ3v) is 5.31. The molecule has 3 rings (SSSR count). The van der Waals surface area contributed by atoms with Gasteiger partial charge in [-0.3, -0.25) is 14.5 Å². The van der Waals surface area contributed by atoms with Crippen LogP contribution in [0.4, 0.5) is 5.13 Å². The first-order valence-electron chi connectivity index (χ1n) is 8.30. The van der Waals surface area contributed by atoms with Crippen LogP contribution in [0.2, 0.25) is 0 Å². The van der Waals surface area contributed by atoms with Gasteiger partial charge in [-0.2, -0.15) is 5.10 Å². The SMILES string of the molecule is C=CCn1c(-c2sc(NC(=O)CCc3ccccc3O)nc2C)n[nH]c1=S. The lowest BCUT2D eigenvalue weighted by Crippen LogP contribution is -2.12. The molecule has 3 N–H and O–H groups in total. The molecule has 0 aliphatic rings. The van der Waals surface area contributed by atoms with Crippen LogP contribution < -0.4 is 5.32 Å². The highest BCUT2D eigenvalue weighted by Crippen LogP contribution is 2.31. The van der Waals surface area contributed by atoms with E-state index in [2.05, 4.69) is 27.1 Å². The van der Waals surface area contributed by atoms with E-state index < -0.39 is 0 Å². The van der Waals surface area contributed by atoms with Gasteiger partial charge in [0, 0.05) is 13.0 Å². The molecule has 1 aromatic carbocycles. The van der Waals surface area contributed by atoms with Crippen molar-refractivity contribution in [3.05, 3.63) is 52.9 Å². The molecule has 3 aromatic rings. The number of anilines is 1. The number of hydrogen-bond acceptors (Lipinski definition) is 6. The predicted octanol–water partition coefficient (Wildman–Crippen LogP) is 3.84. The summed E-state index contributed by atoms with van der Waals surface area (Å²) in [5, 5.41) is 20.1. The largest absolute Gasteiger partial charge is 0.508 e. The van der Waals surface area contributed by atoms with E-state index in [0.717, 1.165) is 16.1 Å². The predicted molar refractivity (Wildman–Crippen MR) is 109 cm³/mol. The van der Waals surface area contributed by atoms with E-state index >= 15 is 0 Å². The van der Waals surface area contributed by atoms with Crippen LogP contribution in [-0.2, 0) is 17.8 Å². The first-order valence-corrected chi connectivity index (χ1v) is 9.52. The van der Waals surface area contributed by atoms with Crippen LogP contribution in [0, 0.1) is 11.7 Å². The van der Waals surface area contributed by atoms with Gasteiger partial charge in [0.1, 0.15) is 5.75 Å². The highest BCUT2D eigenvalue weighted by atomic mass is 32.1. The molecule has 0 atom stereocenters. The topological polar surface area (TPSA) is 95.8 Å². The maximum absolute atomic E-state index is 12.2. The Morgan fingerprint density at radius 2 is 2.26 bits per heavy atom. The summed E-state index contributed by atoms with van der Waals surface area (Å²) < 4.78 is 2.33. The van der Waals surface area contributed by atoms with Gasteiger partial charge in [-0.1, -0.05) is 35.6 Å². The molecule has 2 aromatic heterocycles. The number of para-hydroxylation sites is 1. The number of hydrogen-bond donors (Lipinski definition) is 3. The number of aromatic amines is 1. The molecule has 140 valence electrons. The van der Waals surface area contributed by atoms with Crippen LogP contribution in [0.3, 0.4) is 0 Å². The van der Waals surface area contributed by atoms with Gasteiger partial charge in [-0.05, 0) is 37.2 Å². The minimum Gasteiger partial charge on any atom is -0.508 e. The van der Waals surface area contributed by atoms with Crippen LogP contribution in [-0.4, -0.2) is 30.8 Å². The van der Waals surface area contributed by atoms with Gasteiger partial charge >= 0.3 is 0 Å². The van der Waals surface area contributed by atoms with Crippen LogP contribution in [0.25, 0.3) is 10.7 Å². The molecule has 7 nitrogen and oxygen atoms in total. The summed E-state index contributed by atoms with van der Waals surface area (Å²) in [6, 6.07) is 7.00. The molecule has 0 saturated carbocycles. The Morgan fingerprint density at radius 3 is 3.00 bits per heavy atom. The van der Waals surface area contributed by atoms with Gasteiger partial charge in [-0.25, -0.2) is 4.98 Å². The molecule has 27 heavy (non-hydrogen) atoms. The Hall–Kier alpha value is -2.78. The fraction of sp³-hybridized carbons (Fsp3) is 0.222. The maximum Gasteiger partial charge on any atom is 0.226 e. The van der Waals surface area contributed by atoms with Crippen molar-refractivity contribution in [1.82, 2.24) is 19.7 Å². The average Bonchev–Trinajstić information content (AvgIpc) is 3.17. The van der Waals surface area contributed by atoms with Crippen LogP contribution in [0.1, 0.15) is 17.7 Å². The Kier molecular flexibility index (Phi) is 5.82. The van der Waals surface area contributed by atoms with Gasteiger partial charge in [-0.15, -0.1) is 6.58 Å². The Bertz CT molecular complexity index is 1030. The van der Waals surface area contributed by atoms with Crippen molar-refractivity contribution >= 4 is 34.6 Å². The minimum absolute atomic E-state index is 0.163.